The van der Waals surface area contributed by atoms with Crippen molar-refractivity contribution in [2.45, 2.75) is 137 Å². The number of H-pyrrole nitrogens is 1. The third-order valence-corrected chi connectivity index (χ3v) is 13.5. The highest BCUT2D eigenvalue weighted by Gasteiger charge is 2.67. The van der Waals surface area contributed by atoms with Crippen molar-refractivity contribution in [3.8, 4) is 0 Å². The fourth-order valence-electron chi connectivity index (χ4n) is 10.7. The standard InChI is InChI=1S/C35H59N3O3/c1-22(2)23(3)8-9-24(4)29-10-11-30-28-18-32(37-17-14-26-20-36-21-38-26)35(40)19-27(41-25(5)39)12-16-34(35,7)31(28)13-15-33(29,30)6/h20-24,27-32,37,40H,8-19H2,1-7H3,(H,36,38)/t23-,24-,27?,28+,29-,30+,31+,32?,33-,34-,35?/m1/s1. The molecule has 0 aliphatic heterocycles. The van der Waals surface area contributed by atoms with Gasteiger partial charge in [0.2, 0.25) is 0 Å². The molecule has 4 saturated carbocycles. The van der Waals surface area contributed by atoms with Crippen molar-refractivity contribution in [1.82, 2.24) is 15.3 Å². The van der Waals surface area contributed by atoms with Crippen molar-refractivity contribution in [3.63, 3.8) is 0 Å². The van der Waals surface area contributed by atoms with Gasteiger partial charge in [-0.2, -0.15) is 0 Å². The second kappa shape index (κ2) is 11.9. The highest BCUT2D eigenvalue weighted by atomic mass is 16.5. The van der Waals surface area contributed by atoms with Gasteiger partial charge in [-0.25, -0.2) is 4.98 Å². The summed E-state index contributed by atoms with van der Waals surface area (Å²) in [6.45, 7) is 17.1. The number of carbonyl (C=O) groups excluding carboxylic acids is 1. The van der Waals surface area contributed by atoms with Crippen LogP contribution in [0.2, 0.25) is 0 Å². The van der Waals surface area contributed by atoms with E-state index in [1.165, 1.54) is 45.4 Å². The van der Waals surface area contributed by atoms with Gasteiger partial charge < -0.3 is 20.1 Å². The Labute approximate surface area is 249 Å². The van der Waals surface area contributed by atoms with Gasteiger partial charge in [0, 0.05) is 49.7 Å². The molecule has 0 spiro atoms. The lowest BCUT2D eigenvalue weighted by Crippen LogP contribution is -2.71. The summed E-state index contributed by atoms with van der Waals surface area (Å²) in [7, 11) is 0. The third kappa shape index (κ3) is 5.66. The molecule has 232 valence electrons. The molecule has 0 bridgehead atoms. The Bertz CT molecular complexity index is 1030. The second-order valence-electron chi connectivity index (χ2n) is 15.8. The van der Waals surface area contributed by atoms with E-state index >= 15 is 0 Å². The zero-order chi connectivity index (χ0) is 29.6. The average molecular weight is 570 g/mol. The maximum absolute atomic E-state index is 12.7. The maximum atomic E-state index is 12.7. The number of aromatic nitrogens is 2. The minimum absolute atomic E-state index is 0.000689. The summed E-state index contributed by atoms with van der Waals surface area (Å²) >= 11 is 0. The van der Waals surface area contributed by atoms with Gasteiger partial charge in [-0.3, -0.25) is 4.79 Å². The van der Waals surface area contributed by atoms with Crippen LogP contribution in [-0.4, -0.2) is 45.3 Å². The van der Waals surface area contributed by atoms with E-state index in [0.717, 1.165) is 67.5 Å². The van der Waals surface area contributed by atoms with Gasteiger partial charge in [0.15, 0.2) is 0 Å². The van der Waals surface area contributed by atoms with Crippen molar-refractivity contribution in [1.29, 1.82) is 0 Å². The first-order valence-electron chi connectivity index (χ1n) is 17.0. The highest BCUT2D eigenvalue weighted by molar-refractivity contribution is 5.66. The topological polar surface area (TPSA) is 87.2 Å². The summed E-state index contributed by atoms with van der Waals surface area (Å²) in [5, 5.41) is 16.6. The summed E-state index contributed by atoms with van der Waals surface area (Å²) < 4.78 is 5.74. The number of esters is 1. The molecular weight excluding hydrogens is 510 g/mol. The smallest absolute Gasteiger partial charge is 0.302 e. The number of aliphatic hydroxyl groups is 1. The van der Waals surface area contributed by atoms with Gasteiger partial charge in [0.05, 0.1) is 11.9 Å². The van der Waals surface area contributed by atoms with Crippen molar-refractivity contribution in [2.24, 2.45) is 52.3 Å². The monoisotopic (exact) mass is 569 g/mol. The SMILES string of the molecule is CC(=O)OC1CC[C@]2(C)[C@H]3CC[C@]4(C)[C@@H]([C@H](C)CC[C@@H](C)C(C)C)CC[C@H]4[C@@H]3CC(NCCc3cnc[nH]3)C2(O)C1. The molecule has 6 heteroatoms. The minimum atomic E-state index is -0.882. The minimum Gasteiger partial charge on any atom is -0.462 e. The van der Waals surface area contributed by atoms with E-state index in [0.29, 0.717) is 23.7 Å². The molecule has 0 amide bonds. The molecule has 0 saturated heterocycles. The van der Waals surface area contributed by atoms with Gasteiger partial charge in [-0.15, -0.1) is 0 Å². The number of ether oxygens (including phenoxy) is 1. The normalized spacial score (nSPS) is 41.8. The Hall–Kier alpha value is -1.40. The summed E-state index contributed by atoms with van der Waals surface area (Å²) in [5.74, 6) is 4.83. The first kappa shape index (κ1) is 31.0. The average Bonchev–Trinajstić information content (AvgIpc) is 3.55. The second-order valence-corrected chi connectivity index (χ2v) is 15.8. The molecule has 4 fully saturated rings. The molecule has 1 heterocycles. The predicted octanol–water partition coefficient (Wildman–Crippen LogP) is 6.93. The van der Waals surface area contributed by atoms with E-state index in [2.05, 4.69) is 56.8 Å². The van der Waals surface area contributed by atoms with E-state index in [4.69, 9.17) is 4.74 Å². The van der Waals surface area contributed by atoms with Crippen LogP contribution in [0.15, 0.2) is 12.5 Å². The summed E-state index contributed by atoms with van der Waals surface area (Å²) in [6.07, 6.45) is 15.6. The molecule has 0 radical (unpaired) electrons. The number of rotatable bonds is 10. The van der Waals surface area contributed by atoms with E-state index in [1.54, 1.807) is 6.33 Å². The lowest BCUT2D eigenvalue weighted by molar-refractivity contribution is -0.237. The zero-order valence-electron chi connectivity index (χ0n) is 27.0. The van der Waals surface area contributed by atoms with Crippen LogP contribution in [0, 0.1) is 52.3 Å². The summed E-state index contributed by atoms with van der Waals surface area (Å²) in [6, 6.07) is 0.000689. The van der Waals surface area contributed by atoms with Crippen LogP contribution in [-0.2, 0) is 16.0 Å². The van der Waals surface area contributed by atoms with Crippen molar-refractivity contribution >= 4 is 5.97 Å². The fraction of sp³-hybridized carbons (Fsp3) is 0.886. The van der Waals surface area contributed by atoms with Crippen LogP contribution in [0.25, 0.3) is 0 Å². The van der Waals surface area contributed by atoms with Gasteiger partial charge >= 0.3 is 5.97 Å². The highest BCUT2D eigenvalue weighted by Crippen LogP contribution is 2.69. The van der Waals surface area contributed by atoms with Crippen LogP contribution in [0.4, 0.5) is 0 Å². The number of hydrogen-bond donors (Lipinski definition) is 3. The number of imidazole rings is 1. The van der Waals surface area contributed by atoms with Crippen LogP contribution in [0.5, 0.6) is 0 Å². The quantitative estimate of drug-likeness (QED) is 0.266. The molecule has 4 aliphatic rings. The van der Waals surface area contributed by atoms with E-state index in [-0.39, 0.29) is 23.5 Å². The molecule has 0 aromatic carbocycles. The molecule has 3 unspecified atom stereocenters. The van der Waals surface area contributed by atoms with Gasteiger partial charge in [-0.05, 0) is 91.8 Å². The first-order chi connectivity index (χ1) is 19.4. The number of hydrogen-bond acceptors (Lipinski definition) is 5. The maximum Gasteiger partial charge on any atom is 0.302 e. The Morgan fingerprint density at radius 1 is 1.12 bits per heavy atom. The first-order valence-corrected chi connectivity index (χ1v) is 17.0. The summed E-state index contributed by atoms with van der Waals surface area (Å²) in [5.41, 5.74) is 0.470. The van der Waals surface area contributed by atoms with Gasteiger partial charge in [0.1, 0.15) is 6.10 Å². The molecule has 3 N–H and O–H groups in total. The van der Waals surface area contributed by atoms with Crippen molar-refractivity contribution in [3.05, 3.63) is 18.2 Å². The molecule has 1 aromatic rings. The predicted molar refractivity (Wildman–Crippen MR) is 164 cm³/mol. The molecule has 41 heavy (non-hydrogen) atoms. The Balaban J connectivity index is 1.37. The fourth-order valence-corrected chi connectivity index (χ4v) is 10.7. The van der Waals surface area contributed by atoms with Crippen LogP contribution in [0.1, 0.15) is 118 Å². The number of nitrogens with zero attached hydrogens (tertiary/aromatic N) is 1. The lowest BCUT2D eigenvalue weighted by Gasteiger charge is -2.66. The lowest BCUT2D eigenvalue weighted by atomic mass is 9.42. The largest absolute Gasteiger partial charge is 0.462 e. The van der Waals surface area contributed by atoms with E-state index in [9.17, 15) is 9.90 Å². The Morgan fingerprint density at radius 2 is 1.90 bits per heavy atom. The third-order valence-electron chi connectivity index (χ3n) is 13.5. The van der Waals surface area contributed by atoms with Crippen molar-refractivity contribution < 1.29 is 14.6 Å². The molecule has 5 rings (SSSR count). The van der Waals surface area contributed by atoms with Crippen LogP contribution < -0.4 is 5.32 Å². The van der Waals surface area contributed by atoms with Crippen LogP contribution in [0.3, 0.4) is 0 Å². The zero-order valence-corrected chi connectivity index (χ0v) is 27.0. The van der Waals surface area contributed by atoms with Gasteiger partial charge in [0.25, 0.3) is 0 Å². The summed E-state index contributed by atoms with van der Waals surface area (Å²) in [4.78, 5) is 19.3. The Morgan fingerprint density at radius 3 is 2.59 bits per heavy atom. The van der Waals surface area contributed by atoms with Crippen molar-refractivity contribution in [2.75, 3.05) is 6.54 Å². The molecule has 11 atom stereocenters. The van der Waals surface area contributed by atoms with E-state index < -0.39 is 5.60 Å². The van der Waals surface area contributed by atoms with E-state index in [1.807, 2.05) is 6.20 Å². The number of aromatic amines is 1. The molecule has 1 aromatic heterocycles. The molecule has 4 aliphatic carbocycles. The van der Waals surface area contributed by atoms with Crippen LogP contribution >= 0.6 is 0 Å². The number of nitrogens with one attached hydrogen (secondary N) is 2. The number of carbonyl (C=O) groups is 1. The Kier molecular flexibility index (Phi) is 9.04. The molecular formula is C35H59N3O3. The number of fused-ring (bicyclic) bond motifs is 5. The van der Waals surface area contributed by atoms with Gasteiger partial charge in [-0.1, -0.05) is 54.4 Å². The molecule has 6 nitrogen and oxygen atoms in total.